The van der Waals surface area contributed by atoms with Crippen LogP contribution in [-0.2, 0) is 4.79 Å². The minimum Gasteiger partial charge on any atom is -0.484 e. The molecule has 23 heavy (non-hydrogen) atoms. The summed E-state index contributed by atoms with van der Waals surface area (Å²) in [4.78, 5) is 22.3. The fourth-order valence-corrected chi connectivity index (χ4v) is 2.36. The molecular formula is C15H15N3O4S. The molecule has 120 valence electrons. The van der Waals surface area contributed by atoms with Crippen molar-refractivity contribution in [3.63, 3.8) is 0 Å². The number of nitro groups is 1. The van der Waals surface area contributed by atoms with Crippen LogP contribution >= 0.6 is 11.3 Å². The Hall–Kier alpha value is -2.74. The lowest BCUT2D eigenvalue weighted by Crippen LogP contribution is -2.24. The van der Waals surface area contributed by atoms with Gasteiger partial charge >= 0.3 is 5.00 Å². The van der Waals surface area contributed by atoms with Gasteiger partial charge in [0.15, 0.2) is 6.61 Å². The first kappa shape index (κ1) is 16.6. The van der Waals surface area contributed by atoms with Gasteiger partial charge in [-0.3, -0.25) is 14.9 Å². The van der Waals surface area contributed by atoms with Crippen LogP contribution in [0.15, 0.2) is 35.4 Å². The predicted octanol–water partition coefficient (Wildman–Crippen LogP) is 2.80. The van der Waals surface area contributed by atoms with Crippen molar-refractivity contribution in [3.05, 3.63) is 56.5 Å². The zero-order valence-electron chi connectivity index (χ0n) is 12.6. The third-order valence-electron chi connectivity index (χ3n) is 3.02. The molecule has 0 atom stereocenters. The maximum atomic E-state index is 11.6. The van der Waals surface area contributed by atoms with Crippen LogP contribution in [0, 0.1) is 24.0 Å². The molecule has 1 heterocycles. The first-order valence-electron chi connectivity index (χ1n) is 6.72. The van der Waals surface area contributed by atoms with E-state index >= 15 is 0 Å². The molecule has 0 saturated carbocycles. The summed E-state index contributed by atoms with van der Waals surface area (Å²) < 4.78 is 5.37. The number of hydrogen-bond acceptors (Lipinski definition) is 6. The van der Waals surface area contributed by atoms with Gasteiger partial charge in [-0.25, -0.2) is 5.43 Å². The van der Waals surface area contributed by atoms with E-state index in [0.717, 1.165) is 22.5 Å². The SMILES string of the molecule is Cc1ccc(OCC(=O)N/N=C/c2ccc([N+](=O)[O-])s2)cc1C. The average Bonchev–Trinajstić information content (AvgIpc) is 2.97. The quantitative estimate of drug-likeness (QED) is 0.499. The van der Waals surface area contributed by atoms with Gasteiger partial charge in [-0.2, -0.15) is 5.10 Å². The Balaban J connectivity index is 1.81. The molecule has 1 aromatic carbocycles. The Labute approximate surface area is 136 Å². The predicted molar refractivity (Wildman–Crippen MR) is 88.1 cm³/mol. The molecule has 2 aromatic rings. The highest BCUT2D eigenvalue weighted by atomic mass is 32.1. The smallest absolute Gasteiger partial charge is 0.324 e. The fraction of sp³-hybridized carbons (Fsp3) is 0.200. The van der Waals surface area contributed by atoms with Gasteiger partial charge in [-0.1, -0.05) is 17.4 Å². The van der Waals surface area contributed by atoms with Crippen LogP contribution in [0.5, 0.6) is 5.75 Å². The van der Waals surface area contributed by atoms with Crippen LogP contribution in [0.3, 0.4) is 0 Å². The van der Waals surface area contributed by atoms with E-state index in [4.69, 9.17) is 4.74 Å². The third-order valence-corrected chi connectivity index (χ3v) is 3.99. The number of nitrogens with zero attached hydrogens (tertiary/aromatic N) is 2. The zero-order valence-corrected chi connectivity index (χ0v) is 13.4. The monoisotopic (exact) mass is 333 g/mol. The number of benzene rings is 1. The second-order valence-corrected chi connectivity index (χ2v) is 5.85. The maximum Gasteiger partial charge on any atom is 0.324 e. The Morgan fingerprint density at radius 2 is 2.13 bits per heavy atom. The molecule has 0 bridgehead atoms. The van der Waals surface area contributed by atoms with Crippen molar-refractivity contribution in [2.45, 2.75) is 13.8 Å². The molecule has 8 heteroatoms. The highest BCUT2D eigenvalue weighted by molar-refractivity contribution is 7.16. The normalized spacial score (nSPS) is 10.7. The zero-order chi connectivity index (χ0) is 16.8. The molecule has 0 radical (unpaired) electrons. The van der Waals surface area contributed by atoms with E-state index in [-0.39, 0.29) is 11.6 Å². The number of carbonyl (C=O) groups excluding carboxylic acids is 1. The summed E-state index contributed by atoms with van der Waals surface area (Å²) in [6.07, 6.45) is 1.35. The minimum atomic E-state index is -0.474. The van der Waals surface area contributed by atoms with Crippen LogP contribution < -0.4 is 10.2 Å². The van der Waals surface area contributed by atoms with Gasteiger partial charge in [0, 0.05) is 6.07 Å². The van der Waals surface area contributed by atoms with Crippen molar-refractivity contribution in [2.24, 2.45) is 5.10 Å². The van der Waals surface area contributed by atoms with Crippen molar-refractivity contribution in [3.8, 4) is 5.75 Å². The lowest BCUT2D eigenvalue weighted by molar-refractivity contribution is -0.380. The highest BCUT2D eigenvalue weighted by Crippen LogP contribution is 2.22. The standard InChI is InChI=1S/C15H15N3O4S/c1-10-3-4-12(7-11(10)2)22-9-14(19)17-16-8-13-5-6-15(23-13)18(20)21/h3-8H,9H2,1-2H3,(H,17,19)/b16-8+. The van der Waals surface area contributed by atoms with E-state index in [1.165, 1.54) is 12.3 Å². The van der Waals surface area contributed by atoms with Crippen molar-refractivity contribution in [1.82, 2.24) is 5.43 Å². The van der Waals surface area contributed by atoms with E-state index in [1.54, 1.807) is 12.1 Å². The van der Waals surface area contributed by atoms with Crippen LogP contribution in [0.25, 0.3) is 0 Å². The number of hydrogen-bond donors (Lipinski definition) is 1. The molecule has 1 amide bonds. The largest absolute Gasteiger partial charge is 0.484 e. The van der Waals surface area contributed by atoms with E-state index in [9.17, 15) is 14.9 Å². The van der Waals surface area contributed by atoms with Gasteiger partial charge in [0.2, 0.25) is 0 Å². The number of rotatable bonds is 6. The molecule has 0 aliphatic rings. The molecule has 0 fully saturated rings. The second kappa shape index (κ2) is 7.50. The summed E-state index contributed by atoms with van der Waals surface area (Å²) in [6.45, 7) is 3.80. The Morgan fingerprint density at radius 3 is 2.78 bits per heavy atom. The average molecular weight is 333 g/mol. The summed E-state index contributed by atoms with van der Waals surface area (Å²) in [5.74, 6) is 0.201. The lowest BCUT2D eigenvalue weighted by Gasteiger charge is -2.07. The van der Waals surface area contributed by atoms with Crippen molar-refractivity contribution in [1.29, 1.82) is 0 Å². The van der Waals surface area contributed by atoms with Gasteiger partial charge in [-0.15, -0.1) is 0 Å². The first-order valence-corrected chi connectivity index (χ1v) is 7.53. The second-order valence-electron chi connectivity index (χ2n) is 4.76. The molecule has 1 N–H and O–H groups in total. The van der Waals surface area contributed by atoms with Crippen LogP contribution in [0.1, 0.15) is 16.0 Å². The first-order chi connectivity index (χ1) is 11.0. The number of ether oxygens (including phenoxy) is 1. The lowest BCUT2D eigenvalue weighted by atomic mass is 10.1. The van der Waals surface area contributed by atoms with Crippen LogP contribution in [0.4, 0.5) is 5.00 Å². The van der Waals surface area contributed by atoms with E-state index in [1.807, 2.05) is 26.0 Å². The number of carbonyl (C=O) groups is 1. The Kier molecular flexibility index (Phi) is 5.42. The van der Waals surface area contributed by atoms with Crippen molar-refractivity contribution in [2.75, 3.05) is 6.61 Å². The number of aryl methyl sites for hydroxylation is 2. The van der Waals surface area contributed by atoms with Crippen molar-refractivity contribution < 1.29 is 14.5 Å². The summed E-state index contributed by atoms with van der Waals surface area (Å²) >= 11 is 0.975. The number of hydrazone groups is 1. The topological polar surface area (TPSA) is 93.8 Å². The summed E-state index contributed by atoms with van der Waals surface area (Å²) in [5, 5.41) is 14.3. The maximum absolute atomic E-state index is 11.6. The fourth-order valence-electron chi connectivity index (χ4n) is 1.66. The van der Waals surface area contributed by atoms with E-state index in [0.29, 0.717) is 10.6 Å². The number of amides is 1. The Bertz CT molecular complexity index is 755. The molecule has 0 spiro atoms. The highest BCUT2D eigenvalue weighted by Gasteiger charge is 2.08. The van der Waals surface area contributed by atoms with E-state index in [2.05, 4.69) is 10.5 Å². The minimum absolute atomic E-state index is 0.0239. The third kappa shape index (κ3) is 4.89. The molecule has 0 saturated heterocycles. The summed E-state index contributed by atoms with van der Waals surface area (Å²) in [7, 11) is 0. The summed E-state index contributed by atoms with van der Waals surface area (Å²) in [6, 6.07) is 8.52. The molecule has 2 rings (SSSR count). The van der Waals surface area contributed by atoms with Gasteiger partial charge in [-0.05, 0) is 43.2 Å². The molecule has 0 unspecified atom stereocenters. The van der Waals surface area contributed by atoms with Gasteiger partial charge in [0.05, 0.1) is 16.0 Å². The summed E-state index contributed by atoms with van der Waals surface area (Å²) in [5.41, 5.74) is 4.54. The number of nitrogens with one attached hydrogen (secondary N) is 1. The van der Waals surface area contributed by atoms with Gasteiger partial charge in [0.25, 0.3) is 5.91 Å². The molecule has 0 aliphatic heterocycles. The number of thiophene rings is 1. The van der Waals surface area contributed by atoms with Crippen molar-refractivity contribution >= 4 is 28.5 Å². The van der Waals surface area contributed by atoms with Gasteiger partial charge in [0.1, 0.15) is 5.75 Å². The van der Waals surface area contributed by atoms with Crippen LogP contribution in [-0.4, -0.2) is 23.7 Å². The molecule has 7 nitrogen and oxygen atoms in total. The van der Waals surface area contributed by atoms with Gasteiger partial charge < -0.3 is 4.74 Å². The Morgan fingerprint density at radius 1 is 1.35 bits per heavy atom. The van der Waals surface area contributed by atoms with Crippen LogP contribution in [0.2, 0.25) is 0 Å². The molecule has 1 aromatic heterocycles. The molecular weight excluding hydrogens is 318 g/mol. The van der Waals surface area contributed by atoms with E-state index < -0.39 is 10.8 Å². The molecule has 0 aliphatic carbocycles.